The molecule has 0 fully saturated rings. The molecule has 0 rings (SSSR count). The van der Waals surface area contributed by atoms with Crippen LogP contribution in [0.25, 0.3) is 0 Å². The number of carbonyl (C=O) groups is 2. The molecule has 0 bridgehead atoms. The summed E-state index contributed by atoms with van der Waals surface area (Å²) >= 11 is 0. The van der Waals surface area contributed by atoms with E-state index in [9.17, 15) is 9.59 Å². The molecule has 1 unspecified atom stereocenters. The summed E-state index contributed by atoms with van der Waals surface area (Å²) in [4.78, 5) is 23.9. The van der Waals surface area contributed by atoms with Crippen LogP contribution < -0.4 is 0 Å². The zero-order chi connectivity index (χ0) is 17.1. The van der Waals surface area contributed by atoms with Crippen LogP contribution in [0, 0.1) is 11.8 Å². The quantitative estimate of drug-likeness (QED) is 0.296. The van der Waals surface area contributed by atoms with Gasteiger partial charge in [0.15, 0.2) is 5.92 Å². The molecule has 0 aliphatic rings. The Morgan fingerprint density at radius 2 is 1.59 bits per heavy atom. The first kappa shape index (κ1) is 20.2. The van der Waals surface area contributed by atoms with Crippen LogP contribution in [-0.4, -0.2) is 26.2 Å². The number of carbonyl (C=O) groups excluding carboxylic acids is 2. The van der Waals surface area contributed by atoms with Crippen molar-refractivity contribution in [3.05, 3.63) is 29.0 Å². The normalized spacial score (nSPS) is 11.2. The zero-order valence-corrected chi connectivity index (χ0v) is 14.6. The molecule has 0 saturated heterocycles. The van der Waals surface area contributed by atoms with Crippen molar-refractivity contribution in [2.75, 3.05) is 14.2 Å². The van der Waals surface area contributed by atoms with E-state index >= 15 is 0 Å². The summed E-state index contributed by atoms with van der Waals surface area (Å²) in [5.74, 6) is -2.11. The van der Waals surface area contributed by atoms with Crippen molar-refractivity contribution in [2.24, 2.45) is 11.8 Å². The summed E-state index contributed by atoms with van der Waals surface area (Å²) < 4.78 is 9.55. The lowest BCUT2D eigenvalue weighted by Crippen LogP contribution is -2.33. The highest BCUT2D eigenvalue weighted by atomic mass is 16.5. The van der Waals surface area contributed by atoms with E-state index in [1.165, 1.54) is 14.2 Å². The van der Waals surface area contributed by atoms with Crippen LogP contribution in [0.15, 0.2) is 29.0 Å². The molecule has 1 atom stereocenters. The molecule has 0 aromatic rings. The van der Waals surface area contributed by atoms with Gasteiger partial charge in [-0.2, -0.15) is 0 Å². The lowest BCUT2D eigenvalue weighted by Gasteiger charge is -2.22. The minimum absolute atomic E-state index is 0.148. The van der Waals surface area contributed by atoms with Crippen molar-refractivity contribution in [2.45, 2.75) is 47.0 Å². The number of ether oxygens (including phenoxy) is 2. The van der Waals surface area contributed by atoms with E-state index in [4.69, 9.17) is 9.47 Å². The lowest BCUT2D eigenvalue weighted by molar-refractivity contribution is -0.161. The van der Waals surface area contributed by atoms with E-state index in [2.05, 4.69) is 5.73 Å². The fourth-order valence-corrected chi connectivity index (χ4v) is 2.12. The Hall–Kier alpha value is -1.80. The van der Waals surface area contributed by atoms with Gasteiger partial charge >= 0.3 is 11.9 Å². The average molecular weight is 308 g/mol. The molecule has 4 heteroatoms. The second-order valence-corrected chi connectivity index (χ2v) is 5.73. The molecule has 0 saturated carbocycles. The lowest BCUT2D eigenvalue weighted by atomic mass is 9.85. The smallest absolute Gasteiger partial charge is 0.320 e. The monoisotopic (exact) mass is 308 g/mol. The van der Waals surface area contributed by atoms with Gasteiger partial charge in [0.1, 0.15) is 0 Å². The zero-order valence-electron chi connectivity index (χ0n) is 14.6. The minimum Gasteiger partial charge on any atom is -0.468 e. The van der Waals surface area contributed by atoms with Crippen molar-refractivity contribution in [1.29, 1.82) is 0 Å². The van der Waals surface area contributed by atoms with Crippen LogP contribution in [-0.2, 0) is 19.1 Å². The second kappa shape index (κ2) is 10.9. The molecular formula is C18H28O4. The van der Waals surface area contributed by atoms with Crippen LogP contribution in [0.5, 0.6) is 0 Å². The summed E-state index contributed by atoms with van der Waals surface area (Å²) in [5.41, 5.74) is 5.38. The highest BCUT2D eigenvalue weighted by Gasteiger charge is 2.35. The number of rotatable bonds is 8. The first-order chi connectivity index (χ1) is 10.3. The maximum absolute atomic E-state index is 12.0. The minimum atomic E-state index is -0.884. The van der Waals surface area contributed by atoms with Gasteiger partial charge in [-0.25, -0.2) is 0 Å². The molecule has 0 radical (unpaired) electrons. The predicted molar refractivity (Wildman–Crippen MR) is 87.2 cm³/mol. The summed E-state index contributed by atoms with van der Waals surface area (Å²) in [5, 5.41) is 0. The highest BCUT2D eigenvalue weighted by Crippen LogP contribution is 2.25. The van der Waals surface area contributed by atoms with Gasteiger partial charge in [-0.15, -0.1) is 5.73 Å². The molecular weight excluding hydrogens is 280 g/mol. The molecule has 4 nitrogen and oxygen atoms in total. The first-order valence-corrected chi connectivity index (χ1v) is 7.50. The Bertz CT molecular complexity index is 443. The maximum atomic E-state index is 12.0. The van der Waals surface area contributed by atoms with Gasteiger partial charge in [-0.3, -0.25) is 9.59 Å². The molecule has 22 heavy (non-hydrogen) atoms. The maximum Gasteiger partial charge on any atom is 0.320 e. The molecule has 0 aliphatic heterocycles. The van der Waals surface area contributed by atoms with Gasteiger partial charge in [-0.05, 0) is 64.5 Å². The summed E-state index contributed by atoms with van der Waals surface area (Å²) in [6.45, 7) is 7.93. The van der Waals surface area contributed by atoms with Gasteiger partial charge in [-0.1, -0.05) is 11.6 Å². The van der Waals surface area contributed by atoms with E-state index in [1.807, 2.05) is 39.8 Å². The van der Waals surface area contributed by atoms with Gasteiger partial charge in [0.25, 0.3) is 0 Å². The third-order valence-corrected chi connectivity index (χ3v) is 3.28. The fraction of sp³-hybridized carbons (Fsp3) is 0.611. The third-order valence-electron chi connectivity index (χ3n) is 3.28. The highest BCUT2D eigenvalue weighted by molar-refractivity contribution is 5.95. The number of methoxy groups -OCH3 is 2. The van der Waals surface area contributed by atoms with Gasteiger partial charge in [0.05, 0.1) is 14.2 Å². The molecule has 0 heterocycles. The Morgan fingerprint density at radius 1 is 1.05 bits per heavy atom. The molecule has 0 aromatic carbocycles. The van der Waals surface area contributed by atoms with Crippen molar-refractivity contribution in [3.63, 3.8) is 0 Å². The van der Waals surface area contributed by atoms with Gasteiger partial charge < -0.3 is 9.47 Å². The van der Waals surface area contributed by atoms with Crippen LogP contribution in [0.2, 0.25) is 0 Å². The summed E-state index contributed by atoms with van der Waals surface area (Å²) in [6.07, 6.45) is 6.06. The molecule has 0 spiro atoms. The largest absolute Gasteiger partial charge is 0.468 e. The van der Waals surface area contributed by atoms with Gasteiger partial charge in [0.2, 0.25) is 0 Å². The van der Waals surface area contributed by atoms with Crippen LogP contribution in [0.1, 0.15) is 47.0 Å². The molecule has 124 valence electrons. The fourth-order valence-electron chi connectivity index (χ4n) is 2.12. The van der Waals surface area contributed by atoms with Gasteiger partial charge in [0, 0.05) is 0 Å². The number of hydrogen-bond donors (Lipinski definition) is 0. The summed E-state index contributed by atoms with van der Waals surface area (Å²) in [7, 11) is 2.58. The van der Waals surface area contributed by atoms with E-state index in [0.29, 0.717) is 12.8 Å². The van der Waals surface area contributed by atoms with Crippen molar-refractivity contribution in [3.8, 4) is 0 Å². The second-order valence-electron chi connectivity index (χ2n) is 5.73. The first-order valence-electron chi connectivity index (χ1n) is 7.50. The van der Waals surface area contributed by atoms with Crippen LogP contribution >= 0.6 is 0 Å². The van der Waals surface area contributed by atoms with E-state index in [-0.39, 0.29) is 5.92 Å². The van der Waals surface area contributed by atoms with Crippen molar-refractivity contribution in [1.82, 2.24) is 0 Å². The third kappa shape index (κ3) is 7.84. The molecule has 0 aliphatic carbocycles. The summed E-state index contributed by atoms with van der Waals surface area (Å²) in [6, 6.07) is 0. The molecule has 0 amide bonds. The van der Waals surface area contributed by atoms with E-state index < -0.39 is 17.9 Å². The van der Waals surface area contributed by atoms with Crippen molar-refractivity contribution >= 4 is 11.9 Å². The van der Waals surface area contributed by atoms with E-state index in [1.54, 1.807) is 0 Å². The van der Waals surface area contributed by atoms with Crippen LogP contribution in [0.4, 0.5) is 0 Å². The van der Waals surface area contributed by atoms with Crippen molar-refractivity contribution < 1.29 is 19.1 Å². The Labute approximate surface area is 133 Å². The average Bonchev–Trinajstić information content (AvgIpc) is 2.47. The Kier molecular flexibility index (Phi) is 9.97. The van der Waals surface area contributed by atoms with E-state index in [0.717, 1.165) is 17.6 Å². The predicted octanol–water partition coefficient (Wildman–Crippen LogP) is 3.82. The number of hydrogen-bond acceptors (Lipinski definition) is 4. The number of esters is 2. The molecule has 0 aromatic heterocycles. The Morgan fingerprint density at radius 3 is 2.00 bits per heavy atom. The topological polar surface area (TPSA) is 52.6 Å². The molecule has 0 N–H and O–H groups in total. The number of allylic oxidation sites excluding steroid dienone is 3. The standard InChI is InChI=1S/C18H28O4/c1-13(2)9-7-8-10-15(12-11-14(3)4)16(17(19)21-5)18(20)22-6/h7,11,15-16H,8,10,12H2,1-6H3. The SMILES string of the molecule is COC(=O)C(C(=O)OC)C(CC=C(C)C)CCC=C=C(C)C. The Balaban J connectivity index is 5.22. The van der Waals surface area contributed by atoms with Crippen LogP contribution in [0.3, 0.4) is 0 Å².